The van der Waals surface area contributed by atoms with Gasteiger partial charge in [0.15, 0.2) is 0 Å². The van der Waals surface area contributed by atoms with Crippen LogP contribution < -0.4 is 10.6 Å². The Morgan fingerprint density at radius 1 is 1.52 bits per heavy atom. The van der Waals surface area contributed by atoms with Gasteiger partial charge in [-0.15, -0.1) is 0 Å². The molecule has 0 spiro atoms. The second-order valence-corrected chi connectivity index (χ2v) is 6.48. The van der Waals surface area contributed by atoms with Crippen LogP contribution in [0, 0.1) is 5.92 Å². The largest absolute Gasteiger partial charge is 0.376 e. The van der Waals surface area contributed by atoms with Crippen molar-refractivity contribution >= 4 is 11.8 Å². The quantitative estimate of drug-likeness (QED) is 0.737. The normalized spacial score (nSPS) is 29.1. The van der Waals surface area contributed by atoms with Crippen LogP contribution in [0.25, 0.3) is 0 Å². The zero-order chi connectivity index (χ0) is 16.2. The summed E-state index contributed by atoms with van der Waals surface area (Å²) in [6, 6.07) is -0.186. The molecule has 3 N–H and O–H groups in total. The predicted octanol–water partition coefficient (Wildman–Crippen LogP) is 0.531. The molecular weight excluding hydrogens is 296 g/mol. The summed E-state index contributed by atoms with van der Waals surface area (Å²) in [5.74, 6) is -0.108. The van der Waals surface area contributed by atoms with Crippen molar-refractivity contribution in [2.45, 2.75) is 57.2 Å². The van der Waals surface area contributed by atoms with Gasteiger partial charge in [-0.1, -0.05) is 6.92 Å². The van der Waals surface area contributed by atoms with E-state index in [1.807, 2.05) is 6.92 Å². The Morgan fingerprint density at radius 2 is 2.39 bits per heavy atom. The molecule has 0 aromatic carbocycles. The van der Waals surface area contributed by atoms with Crippen LogP contribution in [0.2, 0.25) is 0 Å². The van der Waals surface area contributed by atoms with Gasteiger partial charge in [0, 0.05) is 37.3 Å². The Kier molecular flexibility index (Phi) is 4.95. The lowest BCUT2D eigenvalue weighted by molar-refractivity contribution is -0.130. The van der Waals surface area contributed by atoms with Gasteiger partial charge in [-0.3, -0.25) is 9.59 Å². The average molecular weight is 320 g/mol. The molecule has 0 saturated carbocycles. The van der Waals surface area contributed by atoms with Crippen molar-refractivity contribution in [2.24, 2.45) is 5.92 Å². The van der Waals surface area contributed by atoms with Crippen LogP contribution >= 0.6 is 0 Å². The summed E-state index contributed by atoms with van der Waals surface area (Å²) in [5.41, 5.74) is 0.945. The number of hydrogen-bond donors (Lipinski definition) is 3. The monoisotopic (exact) mass is 320 g/mol. The molecule has 2 aliphatic heterocycles. The lowest BCUT2D eigenvalue weighted by Gasteiger charge is -2.36. The van der Waals surface area contributed by atoms with Gasteiger partial charge in [0.1, 0.15) is 0 Å². The maximum absolute atomic E-state index is 12.5. The van der Waals surface area contributed by atoms with Crippen molar-refractivity contribution in [2.75, 3.05) is 6.61 Å². The van der Waals surface area contributed by atoms with Crippen molar-refractivity contribution in [3.05, 3.63) is 18.2 Å². The van der Waals surface area contributed by atoms with Gasteiger partial charge >= 0.3 is 0 Å². The number of piperidine rings is 1. The fourth-order valence-corrected chi connectivity index (χ4v) is 3.37. The molecule has 4 unspecified atom stereocenters. The molecule has 3 rings (SSSR count). The highest BCUT2D eigenvalue weighted by Gasteiger charge is 2.37. The smallest absolute Gasteiger partial charge is 0.223 e. The second kappa shape index (κ2) is 7.12. The number of imidazole rings is 1. The molecule has 1 aromatic heterocycles. The minimum absolute atomic E-state index is 0.00347. The SMILES string of the molecule is CC(Cc1cnc[nH]1)C(=O)NC1CCC(=O)NC1C1CCCO1. The molecule has 2 fully saturated rings. The van der Waals surface area contributed by atoms with E-state index in [0.29, 0.717) is 19.3 Å². The Balaban J connectivity index is 1.59. The van der Waals surface area contributed by atoms with Crippen LogP contribution in [0.4, 0.5) is 0 Å². The van der Waals surface area contributed by atoms with E-state index in [9.17, 15) is 9.59 Å². The first-order valence-electron chi connectivity index (χ1n) is 8.32. The van der Waals surface area contributed by atoms with Crippen molar-refractivity contribution in [3.8, 4) is 0 Å². The van der Waals surface area contributed by atoms with E-state index in [1.165, 1.54) is 0 Å². The minimum Gasteiger partial charge on any atom is -0.376 e. The van der Waals surface area contributed by atoms with Gasteiger partial charge in [-0.25, -0.2) is 4.98 Å². The number of H-pyrrole nitrogens is 1. The fourth-order valence-electron chi connectivity index (χ4n) is 3.37. The van der Waals surface area contributed by atoms with E-state index >= 15 is 0 Å². The number of hydrogen-bond acceptors (Lipinski definition) is 4. The zero-order valence-electron chi connectivity index (χ0n) is 13.4. The minimum atomic E-state index is -0.154. The molecule has 126 valence electrons. The van der Waals surface area contributed by atoms with Crippen LogP contribution in [0.15, 0.2) is 12.5 Å². The van der Waals surface area contributed by atoms with E-state index < -0.39 is 0 Å². The Bertz CT molecular complexity index is 540. The van der Waals surface area contributed by atoms with Crippen molar-refractivity contribution < 1.29 is 14.3 Å². The van der Waals surface area contributed by atoms with Crippen LogP contribution in [0.1, 0.15) is 38.3 Å². The number of carbonyl (C=O) groups is 2. The summed E-state index contributed by atoms with van der Waals surface area (Å²) in [6.07, 6.45) is 7.03. The van der Waals surface area contributed by atoms with Gasteiger partial charge in [0.2, 0.25) is 11.8 Å². The van der Waals surface area contributed by atoms with Gasteiger partial charge in [-0.05, 0) is 19.3 Å². The van der Waals surface area contributed by atoms with Crippen molar-refractivity contribution in [3.63, 3.8) is 0 Å². The molecule has 0 aliphatic carbocycles. The molecule has 1 aromatic rings. The third-order valence-electron chi connectivity index (χ3n) is 4.67. The number of nitrogens with one attached hydrogen (secondary N) is 3. The second-order valence-electron chi connectivity index (χ2n) is 6.48. The van der Waals surface area contributed by atoms with Crippen molar-refractivity contribution in [1.29, 1.82) is 0 Å². The molecular formula is C16H24N4O3. The summed E-state index contributed by atoms with van der Waals surface area (Å²) < 4.78 is 5.72. The highest BCUT2D eigenvalue weighted by atomic mass is 16.5. The zero-order valence-corrected chi connectivity index (χ0v) is 13.4. The van der Waals surface area contributed by atoms with Gasteiger partial charge in [0.05, 0.1) is 24.5 Å². The molecule has 2 saturated heterocycles. The van der Waals surface area contributed by atoms with Crippen LogP contribution in [-0.4, -0.2) is 46.6 Å². The fraction of sp³-hybridized carbons (Fsp3) is 0.688. The summed E-state index contributed by atoms with van der Waals surface area (Å²) in [4.78, 5) is 31.2. The lowest BCUT2D eigenvalue weighted by atomic mass is 9.91. The van der Waals surface area contributed by atoms with Crippen molar-refractivity contribution in [1.82, 2.24) is 20.6 Å². The summed E-state index contributed by atoms with van der Waals surface area (Å²) in [5, 5.41) is 6.11. The molecule has 3 heterocycles. The number of carbonyl (C=O) groups excluding carboxylic acids is 2. The standard InChI is InChI=1S/C16H24N4O3/c1-10(7-11-8-17-9-18-11)16(22)19-12-4-5-14(21)20-15(12)13-3-2-6-23-13/h8-10,12-13,15H,2-7H2,1H3,(H,17,18)(H,19,22)(H,20,21). The van der Waals surface area contributed by atoms with E-state index in [-0.39, 0.29) is 35.9 Å². The Labute approximate surface area is 135 Å². The summed E-state index contributed by atoms with van der Waals surface area (Å²) >= 11 is 0. The van der Waals surface area contributed by atoms with Crippen LogP contribution in [0.5, 0.6) is 0 Å². The molecule has 0 radical (unpaired) electrons. The molecule has 0 bridgehead atoms. The highest BCUT2D eigenvalue weighted by Crippen LogP contribution is 2.23. The van der Waals surface area contributed by atoms with Crippen LogP contribution in [0.3, 0.4) is 0 Å². The molecule has 23 heavy (non-hydrogen) atoms. The number of nitrogens with zero attached hydrogens (tertiary/aromatic N) is 1. The van der Waals surface area contributed by atoms with E-state index in [1.54, 1.807) is 12.5 Å². The first-order chi connectivity index (χ1) is 11.1. The maximum atomic E-state index is 12.5. The molecule has 7 heteroatoms. The molecule has 2 aliphatic rings. The van der Waals surface area contributed by atoms with E-state index in [2.05, 4.69) is 20.6 Å². The van der Waals surface area contributed by atoms with Gasteiger partial charge in [-0.2, -0.15) is 0 Å². The van der Waals surface area contributed by atoms with Crippen LogP contribution in [-0.2, 0) is 20.7 Å². The topological polar surface area (TPSA) is 96.1 Å². The highest BCUT2D eigenvalue weighted by molar-refractivity contribution is 5.80. The maximum Gasteiger partial charge on any atom is 0.223 e. The molecule has 2 amide bonds. The van der Waals surface area contributed by atoms with E-state index in [4.69, 9.17) is 4.74 Å². The van der Waals surface area contributed by atoms with Gasteiger partial charge < -0.3 is 20.4 Å². The third-order valence-corrected chi connectivity index (χ3v) is 4.67. The first kappa shape index (κ1) is 16.0. The number of aromatic amines is 1. The third kappa shape index (κ3) is 3.90. The first-order valence-corrected chi connectivity index (χ1v) is 8.32. The summed E-state index contributed by atoms with van der Waals surface area (Å²) in [6.45, 7) is 2.63. The molecule has 7 nitrogen and oxygen atoms in total. The molecule has 4 atom stereocenters. The number of rotatable bonds is 5. The van der Waals surface area contributed by atoms with E-state index in [0.717, 1.165) is 25.1 Å². The number of aromatic nitrogens is 2. The predicted molar refractivity (Wildman–Crippen MR) is 83.5 cm³/mol. The number of ether oxygens (including phenoxy) is 1. The number of amides is 2. The average Bonchev–Trinajstić information content (AvgIpc) is 3.22. The Hall–Kier alpha value is -1.89. The summed E-state index contributed by atoms with van der Waals surface area (Å²) in [7, 11) is 0. The Morgan fingerprint density at radius 3 is 3.09 bits per heavy atom. The lowest BCUT2D eigenvalue weighted by Crippen LogP contribution is -2.60. The van der Waals surface area contributed by atoms with Gasteiger partial charge in [0.25, 0.3) is 0 Å².